The number of carboxylic acids is 1. The molecule has 0 spiro atoms. The molecule has 1 fully saturated rings. The molecule has 9 heteroatoms. The number of nitrogens with one attached hydrogen (secondary N) is 1. The number of carbonyl (C=O) groups excluding carboxylic acids is 1. The Kier molecular flexibility index (Phi) is 4.77. The van der Waals surface area contributed by atoms with Gasteiger partial charge in [0.1, 0.15) is 18.4 Å². The van der Waals surface area contributed by atoms with Crippen molar-refractivity contribution in [1.82, 2.24) is 9.62 Å². The Balaban J connectivity index is 2.20. The predicted octanol–water partition coefficient (Wildman–Crippen LogP) is 0.180. The third-order valence-corrected chi connectivity index (χ3v) is 5.26. The molecule has 1 amide bonds. The van der Waals surface area contributed by atoms with E-state index >= 15 is 0 Å². The molecule has 1 saturated heterocycles. The van der Waals surface area contributed by atoms with Crippen molar-refractivity contribution in [2.24, 2.45) is 0 Å². The number of aliphatic carboxylic acids is 1. The van der Waals surface area contributed by atoms with Crippen molar-refractivity contribution >= 4 is 21.9 Å². The van der Waals surface area contributed by atoms with Gasteiger partial charge in [-0.05, 0) is 37.1 Å². The van der Waals surface area contributed by atoms with Crippen LogP contribution in [0.2, 0.25) is 0 Å². The Bertz CT molecular complexity index is 674. The maximum absolute atomic E-state index is 12.9. The molecule has 2 rings (SSSR count). The van der Waals surface area contributed by atoms with E-state index in [1.54, 1.807) is 0 Å². The van der Waals surface area contributed by atoms with Gasteiger partial charge in [-0.15, -0.1) is 0 Å². The monoisotopic (exact) mass is 330 g/mol. The maximum Gasteiger partial charge on any atom is 0.322 e. The molecule has 0 saturated carbocycles. The second kappa shape index (κ2) is 6.41. The van der Waals surface area contributed by atoms with Crippen LogP contribution in [0.5, 0.6) is 0 Å². The number of carbonyl (C=O) groups is 2. The highest BCUT2D eigenvalue weighted by Gasteiger charge is 2.39. The largest absolute Gasteiger partial charge is 0.480 e. The zero-order chi connectivity index (χ0) is 16.3. The lowest BCUT2D eigenvalue weighted by molar-refractivity contribution is -0.138. The summed E-state index contributed by atoms with van der Waals surface area (Å²) < 4.78 is 38.9. The van der Waals surface area contributed by atoms with Gasteiger partial charge in [-0.3, -0.25) is 9.59 Å². The lowest BCUT2D eigenvalue weighted by Crippen LogP contribution is -2.46. The molecule has 2 N–H and O–H groups in total. The van der Waals surface area contributed by atoms with Crippen molar-refractivity contribution in [1.29, 1.82) is 0 Å². The molecule has 0 radical (unpaired) electrons. The standard InChI is InChI=1S/C13H15FN2O5S/c14-9-3-5-10(6-4-9)22(20,21)16-7-1-2-11(16)13(19)15-8-12(17)18/h3-6,11H,1-2,7-8H2,(H,15,19)(H,17,18). The smallest absolute Gasteiger partial charge is 0.322 e. The minimum absolute atomic E-state index is 0.105. The molecular formula is C13H15FN2O5S. The minimum Gasteiger partial charge on any atom is -0.480 e. The number of benzene rings is 1. The van der Waals surface area contributed by atoms with Crippen molar-refractivity contribution in [2.75, 3.05) is 13.1 Å². The summed E-state index contributed by atoms with van der Waals surface area (Å²) in [6, 6.07) is 3.38. The Morgan fingerprint density at radius 2 is 1.95 bits per heavy atom. The fraction of sp³-hybridized carbons (Fsp3) is 0.385. The van der Waals surface area contributed by atoms with E-state index in [0.717, 1.165) is 28.6 Å². The van der Waals surface area contributed by atoms with Gasteiger partial charge in [0.25, 0.3) is 0 Å². The molecule has 22 heavy (non-hydrogen) atoms. The summed E-state index contributed by atoms with van der Waals surface area (Å²) in [5.41, 5.74) is 0. The molecule has 1 aliphatic heterocycles. The van der Waals surface area contributed by atoms with Gasteiger partial charge in [0, 0.05) is 6.54 Å². The first-order valence-electron chi connectivity index (χ1n) is 6.59. The topological polar surface area (TPSA) is 104 Å². The molecule has 1 aliphatic rings. The number of rotatable bonds is 5. The van der Waals surface area contributed by atoms with Gasteiger partial charge in [0.15, 0.2) is 0 Å². The number of halogens is 1. The lowest BCUT2D eigenvalue weighted by atomic mass is 10.2. The van der Waals surface area contributed by atoms with Crippen LogP contribution >= 0.6 is 0 Å². The number of hydrogen-bond acceptors (Lipinski definition) is 4. The van der Waals surface area contributed by atoms with Gasteiger partial charge in [0.05, 0.1) is 4.90 Å². The molecule has 1 unspecified atom stereocenters. The quantitative estimate of drug-likeness (QED) is 0.801. The van der Waals surface area contributed by atoms with Gasteiger partial charge < -0.3 is 10.4 Å². The number of sulfonamides is 1. The molecule has 0 aromatic heterocycles. The van der Waals surface area contributed by atoms with Crippen LogP contribution in [0, 0.1) is 5.82 Å². The fourth-order valence-corrected chi connectivity index (χ4v) is 3.97. The second-order valence-electron chi connectivity index (χ2n) is 4.84. The van der Waals surface area contributed by atoms with Gasteiger partial charge in [-0.25, -0.2) is 12.8 Å². The molecule has 0 aliphatic carbocycles. The van der Waals surface area contributed by atoms with Gasteiger partial charge in [-0.1, -0.05) is 0 Å². The van der Waals surface area contributed by atoms with Crippen LogP contribution in [0.3, 0.4) is 0 Å². The zero-order valence-corrected chi connectivity index (χ0v) is 12.3. The molecule has 120 valence electrons. The van der Waals surface area contributed by atoms with E-state index in [1.807, 2.05) is 0 Å². The summed E-state index contributed by atoms with van der Waals surface area (Å²) in [6.45, 7) is -0.412. The number of amides is 1. The maximum atomic E-state index is 12.9. The summed E-state index contributed by atoms with van der Waals surface area (Å²) in [4.78, 5) is 22.3. The lowest BCUT2D eigenvalue weighted by Gasteiger charge is -2.23. The van der Waals surface area contributed by atoms with Crippen LogP contribution < -0.4 is 5.32 Å². The molecule has 1 aromatic rings. The van der Waals surface area contributed by atoms with Crippen molar-refractivity contribution in [3.8, 4) is 0 Å². The highest BCUT2D eigenvalue weighted by atomic mass is 32.2. The first-order chi connectivity index (χ1) is 10.3. The van der Waals surface area contributed by atoms with Gasteiger partial charge in [0.2, 0.25) is 15.9 Å². The van der Waals surface area contributed by atoms with E-state index in [-0.39, 0.29) is 11.4 Å². The molecule has 0 bridgehead atoms. The van der Waals surface area contributed by atoms with E-state index < -0.39 is 40.3 Å². The zero-order valence-electron chi connectivity index (χ0n) is 11.5. The summed E-state index contributed by atoms with van der Waals surface area (Å²) in [7, 11) is -3.93. The molecule has 1 aromatic carbocycles. The molecular weight excluding hydrogens is 315 g/mol. The minimum atomic E-state index is -3.93. The Labute approximate surface area is 126 Å². The average molecular weight is 330 g/mol. The van der Waals surface area contributed by atoms with E-state index in [9.17, 15) is 22.4 Å². The van der Waals surface area contributed by atoms with E-state index in [4.69, 9.17) is 5.11 Å². The van der Waals surface area contributed by atoms with Crippen LogP contribution in [0.25, 0.3) is 0 Å². The average Bonchev–Trinajstić information content (AvgIpc) is 2.95. The third-order valence-electron chi connectivity index (χ3n) is 3.34. The van der Waals surface area contributed by atoms with Gasteiger partial charge in [-0.2, -0.15) is 4.31 Å². The van der Waals surface area contributed by atoms with Crippen molar-refractivity contribution in [3.63, 3.8) is 0 Å². The normalized spacial score (nSPS) is 19.0. The van der Waals surface area contributed by atoms with E-state index in [0.29, 0.717) is 12.8 Å². The van der Waals surface area contributed by atoms with Crippen LogP contribution in [-0.2, 0) is 19.6 Å². The number of hydrogen-bond donors (Lipinski definition) is 2. The van der Waals surface area contributed by atoms with E-state index in [2.05, 4.69) is 5.32 Å². The molecule has 7 nitrogen and oxygen atoms in total. The SMILES string of the molecule is O=C(O)CNC(=O)C1CCCN1S(=O)(=O)c1ccc(F)cc1. The Morgan fingerprint density at radius 1 is 1.32 bits per heavy atom. The third kappa shape index (κ3) is 3.42. The number of carboxylic acid groups (broad SMARTS) is 1. The van der Waals surface area contributed by atoms with Crippen molar-refractivity contribution < 1.29 is 27.5 Å². The Hall–Kier alpha value is -2.00. The summed E-state index contributed by atoms with van der Waals surface area (Å²) in [6.07, 6.45) is 0.803. The first kappa shape index (κ1) is 16.4. The van der Waals surface area contributed by atoms with Crippen molar-refractivity contribution in [2.45, 2.75) is 23.8 Å². The van der Waals surface area contributed by atoms with Crippen LogP contribution in [0.1, 0.15) is 12.8 Å². The number of nitrogens with zero attached hydrogens (tertiary/aromatic N) is 1. The second-order valence-corrected chi connectivity index (χ2v) is 6.73. The fourth-order valence-electron chi connectivity index (χ4n) is 2.31. The molecule has 1 heterocycles. The highest BCUT2D eigenvalue weighted by molar-refractivity contribution is 7.89. The predicted molar refractivity (Wildman–Crippen MR) is 74.0 cm³/mol. The van der Waals surface area contributed by atoms with Gasteiger partial charge >= 0.3 is 5.97 Å². The van der Waals surface area contributed by atoms with Crippen LogP contribution in [0.4, 0.5) is 4.39 Å². The van der Waals surface area contributed by atoms with Crippen LogP contribution in [0.15, 0.2) is 29.2 Å². The summed E-state index contributed by atoms with van der Waals surface area (Å²) in [5, 5.41) is 10.7. The van der Waals surface area contributed by atoms with E-state index in [1.165, 1.54) is 0 Å². The van der Waals surface area contributed by atoms with Crippen LogP contribution in [-0.4, -0.2) is 48.8 Å². The molecule has 1 atom stereocenters. The summed E-state index contributed by atoms with van der Waals surface area (Å²) >= 11 is 0. The van der Waals surface area contributed by atoms with Crippen molar-refractivity contribution in [3.05, 3.63) is 30.1 Å². The highest BCUT2D eigenvalue weighted by Crippen LogP contribution is 2.26. The summed E-state index contributed by atoms with van der Waals surface area (Å²) in [5.74, 6) is -2.42. The Morgan fingerprint density at radius 3 is 2.55 bits per heavy atom. The first-order valence-corrected chi connectivity index (χ1v) is 8.03.